The zero-order chi connectivity index (χ0) is 20.3. The molecule has 0 saturated carbocycles. The average molecular weight is 400 g/mol. The van der Waals surface area contributed by atoms with Crippen molar-refractivity contribution >= 4 is 6.09 Å². The van der Waals surface area contributed by atoms with Gasteiger partial charge >= 0.3 is 12.5 Å². The van der Waals surface area contributed by atoms with E-state index >= 15 is 0 Å². The lowest BCUT2D eigenvalue weighted by Crippen LogP contribution is -2.46. The number of hydrogen-bond donors (Lipinski definition) is 1. The number of nitrogens with zero attached hydrogens (tertiary/aromatic N) is 1. The number of H-pyrrole nitrogens is 1. The zero-order valence-corrected chi connectivity index (χ0v) is 15.0. The van der Waals surface area contributed by atoms with E-state index in [0.717, 1.165) is 5.56 Å². The van der Waals surface area contributed by atoms with Gasteiger partial charge in [-0.25, -0.2) is 4.79 Å². The van der Waals surface area contributed by atoms with Crippen LogP contribution in [-0.2, 0) is 11.2 Å². The van der Waals surface area contributed by atoms with Crippen LogP contribution in [0.3, 0.4) is 0 Å². The molecule has 10 heteroatoms. The predicted octanol–water partition coefficient (Wildman–Crippen LogP) is 3.42. The largest absolute Gasteiger partial charge is 0.573 e. The molecule has 0 bridgehead atoms. The molecule has 3 rings (SSSR count). The molecular weight excluding hydrogens is 381 g/mol. The van der Waals surface area contributed by atoms with Crippen molar-refractivity contribution in [2.24, 2.45) is 0 Å². The zero-order valence-electron chi connectivity index (χ0n) is 15.0. The second-order valence-corrected chi connectivity index (χ2v) is 6.55. The van der Waals surface area contributed by atoms with Gasteiger partial charge in [-0.15, -0.1) is 13.2 Å². The van der Waals surface area contributed by atoms with Crippen LogP contribution in [0, 0.1) is 0 Å². The van der Waals surface area contributed by atoms with Crippen LogP contribution < -0.4 is 10.3 Å². The van der Waals surface area contributed by atoms with E-state index in [1.165, 1.54) is 37.4 Å². The molecule has 2 heterocycles. The van der Waals surface area contributed by atoms with Gasteiger partial charge in [0.25, 0.3) is 5.56 Å². The first-order chi connectivity index (χ1) is 13.2. The summed E-state index contributed by atoms with van der Waals surface area (Å²) in [7, 11) is 1.29. The fourth-order valence-electron chi connectivity index (χ4n) is 3.46. The number of aromatic amines is 1. The third kappa shape index (κ3) is 4.87. The smallest absolute Gasteiger partial charge is 0.453 e. The number of nitrogens with one attached hydrogen (secondary N) is 1. The number of hydrogen-bond acceptors (Lipinski definition) is 5. The molecule has 1 aromatic heterocycles. The molecule has 2 unspecified atom stereocenters. The number of aromatic nitrogens is 1. The van der Waals surface area contributed by atoms with Crippen molar-refractivity contribution in [2.45, 2.75) is 37.6 Å². The number of piperidine rings is 1. The van der Waals surface area contributed by atoms with Gasteiger partial charge in [-0.2, -0.15) is 5.16 Å². The van der Waals surface area contributed by atoms with Crippen LogP contribution in [0.2, 0.25) is 0 Å². The Morgan fingerprint density at radius 1 is 1.32 bits per heavy atom. The summed E-state index contributed by atoms with van der Waals surface area (Å²) in [6.45, 7) is 0.409. The van der Waals surface area contributed by atoms with Gasteiger partial charge in [0.05, 0.1) is 7.11 Å². The van der Waals surface area contributed by atoms with Crippen molar-refractivity contribution < 1.29 is 32.0 Å². The first kappa shape index (κ1) is 19.8. The highest BCUT2D eigenvalue weighted by atomic mass is 19.4. The van der Waals surface area contributed by atoms with Crippen molar-refractivity contribution in [2.75, 3.05) is 13.7 Å². The fraction of sp³-hybridized carbons (Fsp3) is 0.444. The van der Waals surface area contributed by atoms with E-state index in [-0.39, 0.29) is 23.3 Å². The van der Waals surface area contributed by atoms with Gasteiger partial charge in [-0.3, -0.25) is 4.79 Å². The number of carbonyl (C=O) groups is 1. The third-order valence-electron chi connectivity index (χ3n) is 4.70. The molecule has 7 nitrogen and oxygen atoms in total. The summed E-state index contributed by atoms with van der Waals surface area (Å²) in [5, 5.41) is 2.26. The molecule has 28 heavy (non-hydrogen) atoms. The maximum atomic E-state index is 12.3. The van der Waals surface area contributed by atoms with E-state index in [4.69, 9.17) is 9.26 Å². The monoisotopic (exact) mass is 400 g/mol. The van der Waals surface area contributed by atoms with Gasteiger partial charge in [-0.1, -0.05) is 12.1 Å². The summed E-state index contributed by atoms with van der Waals surface area (Å²) in [5.74, 6) is 0.155. The summed E-state index contributed by atoms with van der Waals surface area (Å²) in [5.41, 5.74) is 0.409. The highest BCUT2D eigenvalue weighted by Gasteiger charge is 2.35. The number of alkyl halides is 3. The Hall–Kier alpha value is -2.91. The molecule has 1 fully saturated rings. The summed E-state index contributed by atoms with van der Waals surface area (Å²) in [6.07, 6.45) is -3.69. The Morgan fingerprint density at radius 3 is 2.61 bits per heavy atom. The SMILES string of the molecule is COC(=O)N1CCC(c2cc(=O)[nH]o2)CC1Cc1ccc(OC(F)(F)F)cc1. The molecule has 0 spiro atoms. The summed E-state index contributed by atoms with van der Waals surface area (Å²) in [4.78, 5) is 25.0. The first-order valence-electron chi connectivity index (χ1n) is 8.63. The highest BCUT2D eigenvalue weighted by molar-refractivity contribution is 5.68. The fourth-order valence-corrected chi connectivity index (χ4v) is 3.46. The molecule has 1 aliphatic rings. The quantitative estimate of drug-likeness (QED) is 0.850. The molecule has 152 valence electrons. The number of likely N-dealkylation sites (tertiary alicyclic amines) is 1. The number of ether oxygens (including phenoxy) is 2. The van der Waals surface area contributed by atoms with Crippen LogP contribution in [0.15, 0.2) is 39.6 Å². The lowest BCUT2D eigenvalue weighted by Gasteiger charge is -2.38. The third-order valence-corrected chi connectivity index (χ3v) is 4.70. The van der Waals surface area contributed by atoms with E-state index in [0.29, 0.717) is 31.6 Å². The predicted molar refractivity (Wildman–Crippen MR) is 91.0 cm³/mol. The molecule has 0 aliphatic carbocycles. The highest BCUT2D eigenvalue weighted by Crippen LogP contribution is 2.33. The minimum Gasteiger partial charge on any atom is -0.453 e. The number of amides is 1. The topological polar surface area (TPSA) is 84.8 Å². The minimum atomic E-state index is -4.75. The van der Waals surface area contributed by atoms with Crippen LogP contribution >= 0.6 is 0 Å². The van der Waals surface area contributed by atoms with Crippen molar-refractivity contribution in [3.8, 4) is 5.75 Å². The molecular formula is C18H19F3N2O5. The normalized spacial score (nSPS) is 20.1. The number of rotatable bonds is 4. The Labute approximate surface area is 158 Å². The molecule has 1 aromatic carbocycles. The lowest BCUT2D eigenvalue weighted by atomic mass is 9.86. The van der Waals surface area contributed by atoms with Gasteiger partial charge in [0.2, 0.25) is 0 Å². The lowest BCUT2D eigenvalue weighted by molar-refractivity contribution is -0.274. The van der Waals surface area contributed by atoms with Crippen LogP contribution in [-0.4, -0.2) is 42.2 Å². The van der Waals surface area contributed by atoms with Gasteiger partial charge in [0.1, 0.15) is 11.5 Å². The van der Waals surface area contributed by atoms with Crippen LogP contribution in [0.25, 0.3) is 0 Å². The van der Waals surface area contributed by atoms with Gasteiger partial charge < -0.3 is 18.9 Å². The number of halogens is 3. The van der Waals surface area contributed by atoms with Crippen LogP contribution in [0.5, 0.6) is 5.75 Å². The Bertz CT molecular complexity index is 859. The van der Waals surface area contributed by atoms with Crippen molar-refractivity contribution in [1.29, 1.82) is 0 Å². The van der Waals surface area contributed by atoms with Crippen LogP contribution in [0.4, 0.5) is 18.0 Å². The number of benzene rings is 1. The van der Waals surface area contributed by atoms with Crippen molar-refractivity contribution in [1.82, 2.24) is 10.1 Å². The standard InChI is InChI=1S/C18H19F3N2O5/c1-26-17(25)23-7-6-12(15-10-16(24)22-28-15)9-13(23)8-11-2-4-14(5-3-11)27-18(19,20)21/h2-5,10,12-13H,6-9H2,1H3,(H,22,24). The molecule has 1 saturated heterocycles. The minimum absolute atomic E-state index is 0.0577. The number of carbonyl (C=O) groups excluding carboxylic acids is 1. The maximum Gasteiger partial charge on any atom is 0.573 e. The molecule has 2 atom stereocenters. The number of methoxy groups -OCH3 is 1. The summed E-state index contributed by atoms with van der Waals surface area (Å²) >= 11 is 0. The summed E-state index contributed by atoms with van der Waals surface area (Å²) < 4.78 is 50.8. The Balaban J connectivity index is 1.74. The van der Waals surface area contributed by atoms with Crippen molar-refractivity contribution in [3.63, 3.8) is 0 Å². The van der Waals surface area contributed by atoms with E-state index in [9.17, 15) is 22.8 Å². The van der Waals surface area contributed by atoms with E-state index in [1.807, 2.05) is 0 Å². The Morgan fingerprint density at radius 2 is 2.04 bits per heavy atom. The maximum absolute atomic E-state index is 12.3. The molecule has 2 aromatic rings. The Kier molecular flexibility index (Phi) is 5.66. The van der Waals surface area contributed by atoms with E-state index in [1.54, 1.807) is 4.90 Å². The molecule has 0 radical (unpaired) electrons. The molecule has 1 amide bonds. The van der Waals surface area contributed by atoms with E-state index < -0.39 is 12.5 Å². The summed E-state index contributed by atoms with van der Waals surface area (Å²) in [6, 6.07) is 6.64. The van der Waals surface area contributed by atoms with Crippen LogP contribution in [0.1, 0.15) is 30.1 Å². The average Bonchev–Trinajstić information content (AvgIpc) is 3.08. The first-order valence-corrected chi connectivity index (χ1v) is 8.63. The van der Waals surface area contributed by atoms with Gasteiger partial charge in [0, 0.05) is 24.6 Å². The van der Waals surface area contributed by atoms with Crippen molar-refractivity contribution in [3.05, 3.63) is 52.0 Å². The molecule has 1 aliphatic heterocycles. The van der Waals surface area contributed by atoms with E-state index in [2.05, 4.69) is 9.89 Å². The second kappa shape index (κ2) is 7.99. The second-order valence-electron chi connectivity index (χ2n) is 6.55. The molecule has 1 N–H and O–H groups in total. The van der Waals surface area contributed by atoms with Gasteiger partial charge in [0.15, 0.2) is 0 Å². The van der Waals surface area contributed by atoms with Gasteiger partial charge in [-0.05, 0) is 37.0 Å².